The fraction of sp³-hybridized carbons (Fsp3) is 0.600. The molecule has 1 aliphatic rings. The Morgan fingerprint density at radius 1 is 1.53 bits per heavy atom. The Labute approximate surface area is 89.1 Å². The molecule has 5 heteroatoms. The van der Waals surface area contributed by atoms with Gasteiger partial charge in [-0.2, -0.15) is 0 Å². The predicted octanol–water partition coefficient (Wildman–Crippen LogP) is 0.558. The maximum atomic E-state index is 10.2. The Bertz CT molecular complexity index is 244. The molecule has 1 unspecified atom stereocenters. The molecule has 2 N–H and O–H groups in total. The first-order valence-corrected chi connectivity index (χ1v) is 4.69. The van der Waals surface area contributed by atoms with E-state index >= 15 is 0 Å². The van der Waals surface area contributed by atoms with Crippen molar-refractivity contribution >= 4 is 11.9 Å². The number of carbonyl (C=O) groups excluding carboxylic acids is 1. The van der Waals surface area contributed by atoms with Crippen LogP contribution in [0.25, 0.3) is 0 Å². The van der Waals surface area contributed by atoms with E-state index in [0.717, 1.165) is 19.4 Å². The molecular formula is C10H17NO4. The van der Waals surface area contributed by atoms with Gasteiger partial charge in [0.2, 0.25) is 0 Å². The van der Waals surface area contributed by atoms with Gasteiger partial charge in [-0.05, 0) is 26.3 Å². The highest BCUT2D eigenvalue weighted by Crippen LogP contribution is 2.03. The number of rotatable bonds is 2. The minimum absolute atomic E-state index is 0.269. The molecule has 15 heavy (non-hydrogen) atoms. The van der Waals surface area contributed by atoms with Crippen LogP contribution in [0.5, 0.6) is 0 Å². The van der Waals surface area contributed by atoms with E-state index < -0.39 is 5.97 Å². The molecule has 5 nitrogen and oxygen atoms in total. The lowest BCUT2D eigenvalue weighted by Gasteiger charge is -1.99. The summed E-state index contributed by atoms with van der Waals surface area (Å²) in [5.74, 6) is -1.07. The molecule has 1 fully saturated rings. The van der Waals surface area contributed by atoms with Gasteiger partial charge in [0.25, 0.3) is 0 Å². The van der Waals surface area contributed by atoms with Gasteiger partial charge in [0.05, 0.1) is 7.11 Å². The Hall–Kier alpha value is -1.36. The van der Waals surface area contributed by atoms with Crippen LogP contribution in [0.1, 0.15) is 19.8 Å². The highest BCUT2D eigenvalue weighted by Gasteiger charge is 2.20. The summed E-state index contributed by atoms with van der Waals surface area (Å²) in [6.07, 6.45) is 1.78. The van der Waals surface area contributed by atoms with Gasteiger partial charge in [-0.25, -0.2) is 4.79 Å². The third-order valence-electron chi connectivity index (χ3n) is 1.89. The maximum Gasteiger partial charge on any atom is 0.332 e. The van der Waals surface area contributed by atoms with Crippen molar-refractivity contribution in [1.82, 2.24) is 5.32 Å². The number of nitrogens with one attached hydrogen (secondary N) is 1. The third kappa shape index (κ3) is 5.85. The van der Waals surface area contributed by atoms with E-state index in [1.54, 1.807) is 6.92 Å². The number of methoxy groups -OCH3 is 1. The average Bonchev–Trinajstić information content (AvgIpc) is 2.70. The molecule has 86 valence electrons. The van der Waals surface area contributed by atoms with E-state index in [1.165, 1.54) is 7.11 Å². The normalized spacial score (nSPS) is 18.7. The second kappa shape index (κ2) is 7.00. The zero-order chi connectivity index (χ0) is 11.8. The number of carbonyl (C=O) groups is 2. The fourth-order valence-electron chi connectivity index (χ4n) is 1.07. The first kappa shape index (κ1) is 13.6. The van der Waals surface area contributed by atoms with Gasteiger partial charge in [0.1, 0.15) is 6.04 Å². The van der Waals surface area contributed by atoms with E-state index in [9.17, 15) is 9.59 Å². The lowest BCUT2D eigenvalue weighted by atomic mass is 10.2. The Kier molecular flexibility index (Phi) is 6.37. The van der Waals surface area contributed by atoms with Crippen molar-refractivity contribution in [1.29, 1.82) is 0 Å². The van der Waals surface area contributed by atoms with Gasteiger partial charge in [0, 0.05) is 5.57 Å². The number of ether oxygens (including phenoxy) is 1. The average molecular weight is 215 g/mol. The molecule has 1 atom stereocenters. The molecule has 0 bridgehead atoms. The predicted molar refractivity (Wildman–Crippen MR) is 55.5 cm³/mol. The number of carboxylic acids is 1. The summed E-state index contributed by atoms with van der Waals surface area (Å²) in [5, 5.41) is 11.2. The van der Waals surface area contributed by atoms with Crippen molar-refractivity contribution < 1.29 is 19.4 Å². The molecule has 0 amide bonds. The van der Waals surface area contributed by atoms with Gasteiger partial charge < -0.3 is 15.2 Å². The van der Waals surface area contributed by atoms with Crippen molar-refractivity contribution in [2.75, 3.05) is 13.7 Å². The van der Waals surface area contributed by atoms with E-state index in [1.807, 2.05) is 0 Å². The smallest absolute Gasteiger partial charge is 0.332 e. The Balaban J connectivity index is 0.000000265. The molecule has 1 aliphatic heterocycles. The van der Waals surface area contributed by atoms with Gasteiger partial charge in [-0.3, -0.25) is 4.79 Å². The molecule has 0 aromatic heterocycles. The third-order valence-corrected chi connectivity index (χ3v) is 1.89. The molecule has 0 aliphatic carbocycles. The minimum atomic E-state index is -0.720. The van der Waals surface area contributed by atoms with Crippen LogP contribution in [0.4, 0.5) is 0 Å². The highest BCUT2D eigenvalue weighted by atomic mass is 16.5. The van der Waals surface area contributed by atoms with Crippen LogP contribution in [0.3, 0.4) is 0 Å². The first-order chi connectivity index (χ1) is 6.99. The number of aliphatic carboxylic acids is 1. The molecule has 0 radical (unpaired) electrons. The van der Waals surface area contributed by atoms with Crippen molar-refractivity contribution in [2.24, 2.45) is 0 Å². The molecule has 0 aromatic carbocycles. The first-order valence-electron chi connectivity index (χ1n) is 4.69. The molecule has 1 rings (SSSR count). The van der Waals surface area contributed by atoms with E-state index in [2.05, 4.69) is 16.6 Å². The zero-order valence-corrected chi connectivity index (χ0v) is 9.08. The molecular weight excluding hydrogens is 198 g/mol. The zero-order valence-electron chi connectivity index (χ0n) is 9.08. The van der Waals surface area contributed by atoms with E-state index in [0.29, 0.717) is 5.57 Å². The second-order valence-corrected chi connectivity index (χ2v) is 3.26. The summed E-state index contributed by atoms with van der Waals surface area (Å²) >= 11 is 0. The summed E-state index contributed by atoms with van der Waals surface area (Å²) in [6.45, 7) is 5.81. The minimum Gasteiger partial charge on any atom is -0.480 e. The summed E-state index contributed by atoms with van der Waals surface area (Å²) in [7, 11) is 1.33. The fourth-order valence-corrected chi connectivity index (χ4v) is 1.07. The summed E-state index contributed by atoms with van der Waals surface area (Å²) < 4.78 is 4.27. The van der Waals surface area contributed by atoms with Crippen LogP contribution >= 0.6 is 0 Å². The maximum absolute atomic E-state index is 10.2. The van der Waals surface area contributed by atoms with Gasteiger partial charge >= 0.3 is 11.9 Å². The van der Waals surface area contributed by atoms with Gasteiger partial charge in [-0.15, -0.1) is 0 Å². The van der Waals surface area contributed by atoms with Crippen LogP contribution in [0.2, 0.25) is 0 Å². The lowest BCUT2D eigenvalue weighted by molar-refractivity contribution is -0.139. The standard InChI is InChI=1S/C5H9NO2.C5H8O2/c7-5(8)4-2-1-3-6-4;1-4(2)5(6)7-3/h4,6H,1-3H2,(H,7,8);1H2,2-3H3. The number of hydrogen-bond donors (Lipinski definition) is 2. The summed E-state index contributed by atoms with van der Waals surface area (Å²) in [6, 6.07) is -0.269. The van der Waals surface area contributed by atoms with Gasteiger partial charge in [0.15, 0.2) is 0 Å². The Morgan fingerprint density at radius 3 is 2.27 bits per heavy atom. The second-order valence-electron chi connectivity index (χ2n) is 3.26. The van der Waals surface area contributed by atoms with Crippen LogP contribution in [-0.4, -0.2) is 36.7 Å². The number of carboxylic acid groups (broad SMARTS) is 1. The highest BCUT2D eigenvalue weighted by molar-refractivity contribution is 5.86. The van der Waals surface area contributed by atoms with Crippen LogP contribution in [0, 0.1) is 0 Å². The molecule has 1 saturated heterocycles. The quantitative estimate of drug-likeness (QED) is 0.520. The largest absolute Gasteiger partial charge is 0.480 e. The summed E-state index contributed by atoms with van der Waals surface area (Å²) in [4.78, 5) is 20.3. The van der Waals surface area contributed by atoms with Crippen molar-refractivity contribution in [3.63, 3.8) is 0 Å². The number of esters is 1. The van der Waals surface area contributed by atoms with Crippen molar-refractivity contribution in [2.45, 2.75) is 25.8 Å². The topological polar surface area (TPSA) is 75.6 Å². The Morgan fingerprint density at radius 2 is 2.13 bits per heavy atom. The monoisotopic (exact) mass is 215 g/mol. The van der Waals surface area contributed by atoms with Crippen LogP contribution in [0.15, 0.2) is 12.2 Å². The van der Waals surface area contributed by atoms with Crippen molar-refractivity contribution in [3.8, 4) is 0 Å². The van der Waals surface area contributed by atoms with Crippen LogP contribution < -0.4 is 5.32 Å². The molecule has 1 heterocycles. The molecule has 0 saturated carbocycles. The molecule has 0 aromatic rings. The van der Waals surface area contributed by atoms with E-state index in [-0.39, 0.29) is 12.0 Å². The van der Waals surface area contributed by atoms with Crippen molar-refractivity contribution in [3.05, 3.63) is 12.2 Å². The van der Waals surface area contributed by atoms with Gasteiger partial charge in [-0.1, -0.05) is 6.58 Å². The van der Waals surface area contributed by atoms with E-state index in [4.69, 9.17) is 5.11 Å². The van der Waals surface area contributed by atoms with Crippen LogP contribution in [-0.2, 0) is 14.3 Å². The molecule has 0 spiro atoms. The summed E-state index contributed by atoms with van der Waals surface area (Å²) in [5.41, 5.74) is 0.433. The lowest BCUT2D eigenvalue weighted by Crippen LogP contribution is -2.29. The number of hydrogen-bond acceptors (Lipinski definition) is 4. The SMILES string of the molecule is C=C(C)C(=O)OC.O=C(O)C1CCCN1.